The van der Waals surface area contributed by atoms with Crippen LogP contribution in [0, 0.1) is 5.92 Å². The molecule has 1 aromatic rings. The average Bonchev–Trinajstić information content (AvgIpc) is 2.65. The minimum atomic E-state index is -0.481. The van der Waals surface area contributed by atoms with Crippen molar-refractivity contribution in [2.45, 2.75) is 19.4 Å². The molecule has 0 aromatic heterocycles. The van der Waals surface area contributed by atoms with Gasteiger partial charge in [-0.05, 0) is 18.9 Å². The number of hydrogen-bond donors (Lipinski definition) is 2. The maximum atomic E-state index is 12.4. The van der Waals surface area contributed by atoms with E-state index >= 15 is 0 Å². The number of carbonyl (C=O) groups excluding carboxylic acids is 2. The van der Waals surface area contributed by atoms with Crippen LogP contribution in [0.5, 0.6) is 17.2 Å². The van der Waals surface area contributed by atoms with Gasteiger partial charge >= 0.3 is 6.03 Å². The van der Waals surface area contributed by atoms with Gasteiger partial charge in [-0.25, -0.2) is 4.79 Å². The second-order valence-electron chi connectivity index (χ2n) is 6.15. The van der Waals surface area contributed by atoms with Crippen LogP contribution in [0.3, 0.4) is 0 Å². The van der Waals surface area contributed by atoms with E-state index < -0.39 is 6.03 Å². The number of nitrogens with two attached hydrogens (primary N) is 1. The summed E-state index contributed by atoms with van der Waals surface area (Å²) in [6.45, 7) is 2.28. The number of rotatable bonds is 4. The lowest BCUT2D eigenvalue weighted by molar-refractivity contribution is -0.126. The zero-order chi connectivity index (χ0) is 17.8. The Bertz CT molecular complexity index is 664. The largest absolute Gasteiger partial charge is 0.496 e. The first kappa shape index (κ1) is 17.2. The molecule has 2 heterocycles. The van der Waals surface area contributed by atoms with E-state index in [1.807, 2.05) is 6.07 Å². The number of fused-ring (bicyclic) bond motifs is 1. The molecule has 8 nitrogen and oxygen atoms in total. The normalized spacial score (nSPS) is 19.2. The van der Waals surface area contributed by atoms with E-state index in [-0.39, 0.29) is 11.8 Å². The van der Waals surface area contributed by atoms with Crippen molar-refractivity contribution in [3.63, 3.8) is 0 Å². The van der Waals surface area contributed by atoms with Gasteiger partial charge in [-0.3, -0.25) is 4.79 Å². The average molecular weight is 349 g/mol. The standard InChI is InChI=1S/C17H23N3O5/c1-23-13-8-15-14(24-5-6-25-15)7-12(13)9-19-16(21)11-3-2-4-20(10-11)17(18)22/h7-8,11H,2-6,9-10H2,1H3,(H2,18,22)(H,19,21). The Morgan fingerprint density at radius 2 is 2.04 bits per heavy atom. The fraction of sp³-hybridized carbons (Fsp3) is 0.529. The van der Waals surface area contributed by atoms with Gasteiger partial charge in [0.05, 0.1) is 13.0 Å². The first-order valence-corrected chi connectivity index (χ1v) is 8.37. The Hall–Kier alpha value is -2.64. The Morgan fingerprint density at radius 3 is 2.72 bits per heavy atom. The van der Waals surface area contributed by atoms with Gasteiger partial charge in [-0.2, -0.15) is 0 Å². The van der Waals surface area contributed by atoms with Crippen molar-refractivity contribution >= 4 is 11.9 Å². The first-order valence-electron chi connectivity index (χ1n) is 8.37. The van der Waals surface area contributed by atoms with Crippen LogP contribution in [0.15, 0.2) is 12.1 Å². The lowest BCUT2D eigenvalue weighted by Gasteiger charge is -2.30. The van der Waals surface area contributed by atoms with E-state index in [1.165, 1.54) is 4.90 Å². The predicted molar refractivity (Wildman–Crippen MR) is 89.7 cm³/mol. The third-order valence-corrected chi connectivity index (χ3v) is 4.50. The smallest absolute Gasteiger partial charge is 0.314 e. The number of nitrogens with one attached hydrogen (secondary N) is 1. The van der Waals surface area contributed by atoms with E-state index in [0.29, 0.717) is 50.1 Å². The third kappa shape index (κ3) is 3.89. The number of amides is 3. The summed E-state index contributed by atoms with van der Waals surface area (Å²) in [6.07, 6.45) is 1.52. The molecule has 2 aliphatic heterocycles. The second-order valence-corrected chi connectivity index (χ2v) is 6.15. The number of piperidine rings is 1. The molecule has 136 valence electrons. The second kappa shape index (κ2) is 7.50. The molecule has 0 aliphatic carbocycles. The maximum Gasteiger partial charge on any atom is 0.314 e. The summed E-state index contributed by atoms with van der Waals surface area (Å²) < 4.78 is 16.5. The SMILES string of the molecule is COc1cc2c(cc1CNC(=O)C1CCCN(C(N)=O)C1)OCCO2. The first-order chi connectivity index (χ1) is 12.1. The number of methoxy groups -OCH3 is 1. The van der Waals surface area contributed by atoms with Gasteiger partial charge in [0.25, 0.3) is 0 Å². The van der Waals surface area contributed by atoms with Crippen molar-refractivity contribution in [3.8, 4) is 17.2 Å². The van der Waals surface area contributed by atoms with Crippen molar-refractivity contribution < 1.29 is 23.8 Å². The molecule has 1 fully saturated rings. The highest BCUT2D eigenvalue weighted by Crippen LogP contribution is 2.36. The molecule has 1 unspecified atom stereocenters. The highest BCUT2D eigenvalue weighted by Gasteiger charge is 2.27. The van der Waals surface area contributed by atoms with E-state index in [2.05, 4.69) is 5.32 Å². The van der Waals surface area contributed by atoms with Gasteiger partial charge in [0.15, 0.2) is 11.5 Å². The van der Waals surface area contributed by atoms with Crippen LogP contribution in [-0.4, -0.2) is 50.3 Å². The number of primary amides is 1. The number of nitrogens with zero attached hydrogens (tertiary/aromatic N) is 1. The molecule has 25 heavy (non-hydrogen) atoms. The summed E-state index contributed by atoms with van der Waals surface area (Å²) in [5, 5.41) is 2.92. The number of hydrogen-bond acceptors (Lipinski definition) is 5. The molecule has 3 amide bonds. The van der Waals surface area contributed by atoms with Gasteiger partial charge in [0.2, 0.25) is 5.91 Å². The lowest BCUT2D eigenvalue weighted by atomic mass is 9.97. The molecule has 0 spiro atoms. The molecule has 8 heteroatoms. The maximum absolute atomic E-state index is 12.4. The van der Waals surface area contributed by atoms with E-state index in [4.69, 9.17) is 19.9 Å². The van der Waals surface area contributed by atoms with Crippen LogP contribution < -0.4 is 25.3 Å². The number of benzene rings is 1. The predicted octanol–water partition coefficient (Wildman–Crippen LogP) is 0.873. The highest BCUT2D eigenvalue weighted by atomic mass is 16.6. The van der Waals surface area contributed by atoms with Crippen molar-refractivity contribution in [1.29, 1.82) is 0 Å². The number of urea groups is 1. The Kier molecular flexibility index (Phi) is 5.16. The van der Waals surface area contributed by atoms with Gasteiger partial charge in [-0.15, -0.1) is 0 Å². The quantitative estimate of drug-likeness (QED) is 0.840. The van der Waals surface area contributed by atoms with Crippen LogP contribution in [-0.2, 0) is 11.3 Å². The summed E-state index contributed by atoms with van der Waals surface area (Å²) in [7, 11) is 1.57. The summed E-state index contributed by atoms with van der Waals surface area (Å²) in [4.78, 5) is 25.2. The molecule has 3 N–H and O–H groups in total. The molecule has 3 rings (SSSR count). The van der Waals surface area contributed by atoms with Crippen LogP contribution in [0.1, 0.15) is 18.4 Å². The minimum absolute atomic E-state index is 0.0945. The fourth-order valence-corrected chi connectivity index (χ4v) is 3.16. The number of carbonyl (C=O) groups is 2. The van der Waals surface area contributed by atoms with Crippen LogP contribution >= 0.6 is 0 Å². The zero-order valence-electron chi connectivity index (χ0n) is 14.2. The van der Waals surface area contributed by atoms with E-state index in [1.54, 1.807) is 13.2 Å². The molecular weight excluding hydrogens is 326 g/mol. The minimum Gasteiger partial charge on any atom is -0.496 e. The summed E-state index contributed by atoms with van der Waals surface area (Å²) in [5.74, 6) is 1.58. The molecule has 0 bridgehead atoms. The molecule has 1 aromatic carbocycles. The number of ether oxygens (including phenoxy) is 3. The molecule has 1 saturated heterocycles. The Morgan fingerprint density at radius 1 is 1.32 bits per heavy atom. The molecule has 2 aliphatic rings. The molecule has 0 radical (unpaired) electrons. The Labute approximate surface area is 146 Å². The van der Waals surface area contributed by atoms with Gasteiger partial charge in [0, 0.05) is 31.3 Å². The lowest BCUT2D eigenvalue weighted by Crippen LogP contribution is -2.47. The van der Waals surface area contributed by atoms with Crippen LogP contribution in [0.2, 0.25) is 0 Å². The molecule has 0 saturated carbocycles. The zero-order valence-corrected chi connectivity index (χ0v) is 14.2. The van der Waals surface area contributed by atoms with Gasteiger partial charge in [0.1, 0.15) is 19.0 Å². The van der Waals surface area contributed by atoms with Crippen LogP contribution in [0.4, 0.5) is 4.79 Å². The Balaban J connectivity index is 1.64. The fourth-order valence-electron chi connectivity index (χ4n) is 3.16. The molecular formula is C17H23N3O5. The summed E-state index contributed by atoms with van der Waals surface area (Å²) in [5.41, 5.74) is 6.12. The summed E-state index contributed by atoms with van der Waals surface area (Å²) in [6, 6.07) is 3.11. The highest BCUT2D eigenvalue weighted by molar-refractivity contribution is 5.80. The van der Waals surface area contributed by atoms with Crippen molar-refractivity contribution in [2.75, 3.05) is 33.4 Å². The van der Waals surface area contributed by atoms with E-state index in [9.17, 15) is 9.59 Å². The van der Waals surface area contributed by atoms with Crippen LogP contribution in [0.25, 0.3) is 0 Å². The third-order valence-electron chi connectivity index (χ3n) is 4.50. The molecule has 1 atom stereocenters. The van der Waals surface area contributed by atoms with E-state index in [0.717, 1.165) is 18.4 Å². The van der Waals surface area contributed by atoms with Gasteiger partial charge < -0.3 is 30.2 Å². The summed E-state index contributed by atoms with van der Waals surface area (Å²) >= 11 is 0. The topological polar surface area (TPSA) is 103 Å². The number of likely N-dealkylation sites (tertiary alicyclic amines) is 1. The van der Waals surface area contributed by atoms with Crippen molar-refractivity contribution in [2.24, 2.45) is 11.7 Å². The van der Waals surface area contributed by atoms with Crippen molar-refractivity contribution in [1.82, 2.24) is 10.2 Å². The van der Waals surface area contributed by atoms with Gasteiger partial charge in [-0.1, -0.05) is 0 Å². The monoisotopic (exact) mass is 349 g/mol. The van der Waals surface area contributed by atoms with Crippen molar-refractivity contribution in [3.05, 3.63) is 17.7 Å².